The first-order valence-corrected chi connectivity index (χ1v) is 17.0. The van der Waals surface area contributed by atoms with Crippen molar-refractivity contribution in [2.45, 2.75) is 194 Å². The van der Waals surface area contributed by atoms with Crippen LogP contribution < -0.4 is 10.5 Å². The first-order valence-electron chi connectivity index (χ1n) is 17.0. The molecule has 0 aliphatic carbocycles. The molecule has 0 aromatic rings. The van der Waals surface area contributed by atoms with Gasteiger partial charge in [-0.25, -0.2) is 0 Å². The number of hydrogen-bond acceptors (Lipinski definition) is 2. The van der Waals surface area contributed by atoms with Crippen LogP contribution in [0.4, 0.5) is 0 Å². The zero-order valence-electron chi connectivity index (χ0n) is 25.6. The third-order valence-corrected chi connectivity index (χ3v) is 7.61. The minimum absolute atomic E-state index is 0.0833. The van der Waals surface area contributed by atoms with E-state index in [0.717, 1.165) is 25.9 Å². The summed E-state index contributed by atoms with van der Waals surface area (Å²) in [6.45, 7) is 6.15. The highest BCUT2D eigenvalue weighted by molar-refractivity contribution is 5.56. The summed E-state index contributed by atoms with van der Waals surface area (Å²) in [6.07, 6.45) is 38.2. The van der Waals surface area contributed by atoms with Crippen LogP contribution in [0.5, 0.6) is 0 Å². The second-order valence-corrected chi connectivity index (χ2v) is 11.4. The van der Waals surface area contributed by atoms with Crippen molar-refractivity contribution in [3.05, 3.63) is 0 Å². The summed E-state index contributed by atoms with van der Waals surface area (Å²) in [5, 5.41) is 9.79. The molecular weight excluding hydrogens is 456 g/mol. The van der Waals surface area contributed by atoms with Crippen LogP contribution in [-0.4, -0.2) is 24.3 Å². The molecule has 0 radical (unpaired) electrons. The Morgan fingerprint density at radius 3 is 1.11 bits per heavy atom. The Hall–Kier alpha value is -0.770. The van der Waals surface area contributed by atoms with E-state index in [9.17, 15) is 5.11 Å². The Kier molecular flexibility index (Phi) is 32.6. The fraction of sp³-hybridized carbons (Fsp3) is 0.970. The van der Waals surface area contributed by atoms with Gasteiger partial charge in [-0.05, 0) is 12.8 Å². The third kappa shape index (κ3) is 33.2. The molecule has 0 aliphatic heterocycles. The van der Waals surface area contributed by atoms with Crippen LogP contribution in [0, 0.1) is 0 Å². The molecule has 0 saturated heterocycles. The van der Waals surface area contributed by atoms with Crippen LogP contribution in [0.15, 0.2) is 0 Å². The summed E-state index contributed by atoms with van der Waals surface area (Å²) in [7, 11) is 0. The molecule has 0 bridgehead atoms. The predicted octanol–water partition coefficient (Wildman–Crippen LogP) is 9.46. The highest BCUT2D eigenvalue weighted by atomic mass is 16.7. The minimum Gasteiger partial charge on any atom is -0.429 e. The monoisotopic (exact) mass is 526 g/mol. The van der Waals surface area contributed by atoms with Gasteiger partial charge in [0.1, 0.15) is 6.54 Å². The Morgan fingerprint density at radius 1 is 0.459 bits per heavy atom. The van der Waals surface area contributed by atoms with Crippen molar-refractivity contribution < 1.29 is 14.9 Å². The van der Waals surface area contributed by atoms with Gasteiger partial charge in [-0.1, -0.05) is 174 Å². The van der Waals surface area contributed by atoms with Gasteiger partial charge < -0.3 is 9.94 Å². The number of unbranched alkanes of at least 4 members (excludes halogenated alkanes) is 26. The molecule has 0 rings (SSSR count). The Bertz CT molecular complexity index is 442. The summed E-state index contributed by atoms with van der Waals surface area (Å²) in [5.41, 5.74) is 2.88. The van der Waals surface area contributed by atoms with E-state index in [1.807, 2.05) is 0 Å². The molecule has 0 unspecified atom stereocenters. The number of rotatable bonds is 31. The third-order valence-electron chi connectivity index (χ3n) is 7.61. The van der Waals surface area contributed by atoms with Crippen molar-refractivity contribution in [3.8, 4) is 0 Å². The maximum atomic E-state index is 9.79. The molecule has 0 saturated carbocycles. The molecule has 4 nitrogen and oxygen atoms in total. The summed E-state index contributed by atoms with van der Waals surface area (Å²) in [6, 6.07) is 0. The van der Waals surface area contributed by atoms with E-state index in [4.69, 9.17) is 4.84 Å². The first-order chi connectivity index (χ1) is 18.3. The zero-order valence-corrected chi connectivity index (χ0v) is 25.6. The molecule has 222 valence electrons. The number of hydroxylamine groups is 1. The maximum absolute atomic E-state index is 9.79. The molecule has 0 fully saturated rings. The van der Waals surface area contributed by atoms with Crippen molar-refractivity contribution in [2.75, 3.05) is 13.1 Å². The van der Waals surface area contributed by atoms with Gasteiger partial charge >= 0.3 is 6.08 Å². The molecule has 0 atom stereocenters. The van der Waals surface area contributed by atoms with E-state index in [2.05, 4.69) is 24.3 Å². The molecule has 4 heteroatoms. The number of nitrogens with one attached hydrogen (secondary N) is 2. The van der Waals surface area contributed by atoms with Crippen LogP contribution in [0.1, 0.15) is 194 Å². The quantitative estimate of drug-likeness (QED) is 0.0365. The fourth-order valence-electron chi connectivity index (χ4n) is 5.06. The summed E-state index contributed by atoms with van der Waals surface area (Å²) in [5.74, 6) is 0. The summed E-state index contributed by atoms with van der Waals surface area (Å²) < 4.78 is 0. The second kappa shape index (κ2) is 33.3. The molecule has 0 aromatic carbocycles. The zero-order chi connectivity index (χ0) is 26.9. The number of hydrogen-bond donors (Lipinski definition) is 3. The number of aliphatic hydroxyl groups is 1. The molecule has 0 amide bonds. The molecule has 37 heavy (non-hydrogen) atoms. The average molecular weight is 526 g/mol. The van der Waals surface area contributed by atoms with E-state index in [1.54, 1.807) is 0 Å². The van der Waals surface area contributed by atoms with Crippen LogP contribution >= 0.6 is 0 Å². The van der Waals surface area contributed by atoms with E-state index in [-0.39, 0.29) is 6.08 Å². The lowest BCUT2D eigenvalue weighted by Crippen LogP contribution is -2.74. The van der Waals surface area contributed by atoms with Crippen LogP contribution in [0.3, 0.4) is 0 Å². The highest BCUT2D eigenvalue weighted by Crippen LogP contribution is 2.14. The van der Waals surface area contributed by atoms with E-state index < -0.39 is 0 Å². The van der Waals surface area contributed by atoms with E-state index in [0.29, 0.717) is 0 Å². The number of aliphatic hydroxyl groups excluding tert-OH is 1. The lowest BCUT2D eigenvalue weighted by Gasteiger charge is -2.04. The van der Waals surface area contributed by atoms with Gasteiger partial charge in [0, 0.05) is 13.0 Å². The van der Waals surface area contributed by atoms with Gasteiger partial charge in [-0.2, -0.15) is 4.99 Å². The van der Waals surface area contributed by atoms with Crippen molar-refractivity contribution >= 4 is 6.08 Å². The average Bonchev–Trinajstić information content (AvgIpc) is 2.90. The summed E-state index contributed by atoms with van der Waals surface area (Å²) in [4.78, 5) is 8.15. The predicted molar refractivity (Wildman–Crippen MR) is 163 cm³/mol. The van der Waals surface area contributed by atoms with Gasteiger partial charge in [-0.15, -0.1) is 5.48 Å². The van der Waals surface area contributed by atoms with Gasteiger partial charge in [0.05, 0.1) is 0 Å². The largest absolute Gasteiger partial charge is 0.564 e. The molecule has 0 spiro atoms. The smallest absolute Gasteiger partial charge is 0.429 e. The van der Waals surface area contributed by atoms with Crippen LogP contribution in [-0.2, 0) is 4.84 Å². The summed E-state index contributed by atoms with van der Waals surface area (Å²) >= 11 is 0. The SMILES string of the molecule is CCCCCCCCCCCCCCCCNOC(O)=[NH+]CCCCCCCCCCCCCCCC. The normalized spacial score (nSPS) is 11.9. The van der Waals surface area contributed by atoms with E-state index >= 15 is 0 Å². The van der Waals surface area contributed by atoms with Crippen LogP contribution in [0.2, 0.25) is 0 Å². The fourth-order valence-corrected chi connectivity index (χ4v) is 5.06. The molecule has 0 aromatic heterocycles. The second-order valence-electron chi connectivity index (χ2n) is 11.4. The van der Waals surface area contributed by atoms with Gasteiger partial charge in [-0.3, -0.25) is 0 Å². The first kappa shape index (κ1) is 36.2. The van der Waals surface area contributed by atoms with Crippen molar-refractivity contribution in [3.63, 3.8) is 0 Å². The van der Waals surface area contributed by atoms with Crippen molar-refractivity contribution in [1.29, 1.82) is 0 Å². The molecular formula is C33H69N2O2+. The topological polar surface area (TPSA) is 55.5 Å². The Labute approximate surface area is 233 Å². The lowest BCUT2D eigenvalue weighted by molar-refractivity contribution is -0.481. The Balaban J connectivity index is 3.20. The molecule has 0 aliphatic rings. The van der Waals surface area contributed by atoms with Gasteiger partial charge in [0.25, 0.3) is 0 Å². The maximum Gasteiger partial charge on any atom is 0.564 e. The van der Waals surface area contributed by atoms with Crippen LogP contribution in [0.25, 0.3) is 0 Å². The molecule has 3 N–H and O–H groups in total. The Morgan fingerprint density at radius 2 is 0.757 bits per heavy atom. The minimum atomic E-state index is -0.0833. The molecule has 0 heterocycles. The standard InChI is InChI=1S/C33H68N2O2/c1-3-5-7-9-11-13-15-17-19-21-23-25-27-29-31-34-33(36)37-35-32-30-28-26-24-22-20-18-16-14-12-10-8-6-4-2/h35H,3-32H2,1-2H3,(H,34,36)/p+1. The van der Waals surface area contributed by atoms with Gasteiger partial charge in [0.2, 0.25) is 0 Å². The van der Waals surface area contributed by atoms with Gasteiger partial charge in [0.15, 0.2) is 0 Å². The highest BCUT2D eigenvalue weighted by Gasteiger charge is 2.03. The van der Waals surface area contributed by atoms with Crippen molar-refractivity contribution in [1.82, 2.24) is 5.48 Å². The lowest BCUT2D eigenvalue weighted by atomic mass is 10.0. The van der Waals surface area contributed by atoms with Crippen molar-refractivity contribution in [2.24, 2.45) is 0 Å². The van der Waals surface area contributed by atoms with E-state index in [1.165, 1.54) is 167 Å².